The van der Waals surface area contributed by atoms with Crippen LogP contribution in [0, 0.1) is 5.92 Å². The SMILES string of the molecule is CC(Cl)c1nnc(N2CCC(Cc3ccccc3)CC2)o1. The lowest BCUT2D eigenvalue weighted by Crippen LogP contribution is -2.34. The fourth-order valence-electron chi connectivity index (χ4n) is 2.79. The molecule has 0 radical (unpaired) electrons. The van der Waals surface area contributed by atoms with Crippen molar-refractivity contribution in [2.45, 2.75) is 31.6 Å². The topological polar surface area (TPSA) is 42.2 Å². The molecule has 5 heteroatoms. The van der Waals surface area contributed by atoms with Gasteiger partial charge in [0, 0.05) is 13.1 Å². The summed E-state index contributed by atoms with van der Waals surface area (Å²) < 4.78 is 5.61. The highest BCUT2D eigenvalue weighted by atomic mass is 35.5. The van der Waals surface area contributed by atoms with Gasteiger partial charge in [0.15, 0.2) is 0 Å². The maximum atomic E-state index is 5.95. The first kappa shape index (κ1) is 14.4. The Bertz CT molecular complexity index is 562. The van der Waals surface area contributed by atoms with Crippen molar-refractivity contribution in [2.24, 2.45) is 5.92 Å². The second-order valence-electron chi connectivity index (χ2n) is 5.66. The summed E-state index contributed by atoms with van der Waals surface area (Å²) in [4.78, 5) is 2.16. The van der Waals surface area contributed by atoms with E-state index < -0.39 is 0 Å². The van der Waals surface area contributed by atoms with Gasteiger partial charge in [0.1, 0.15) is 5.38 Å². The van der Waals surface area contributed by atoms with Crippen LogP contribution in [0.5, 0.6) is 0 Å². The molecule has 2 aromatic rings. The van der Waals surface area contributed by atoms with Crippen LogP contribution < -0.4 is 4.90 Å². The van der Waals surface area contributed by atoms with Gasteiger partial charge in [-0.1, -0.05) is 35.4 Å². The van der Waals surface area contributed by atoms with E-state index in [-0.39, 0.29) is 5.38 Å². The summed E-state index contributed by atoms with van der Waals surface area (Å²) in [6.45, 7) is 3.77. The Labute approximate surface area is 130 Å². The van der Waals surface area contributed by atoms with Gasteiger partial charge >= 0.3 is 6.01 Å². The van der Waals surface area contributed by atoms with Crippen LogP contribution in [0.25, 0.3) is 0 Å². The molecule has 1 aromatic carbocycles. The van der Waals surface area contributed by atoms with Crippen molar-refractivity contribution in [1.82, 2.24) is 10.2 Å². The molecular weight excluding hydrogens is 286 g/mol. The molecule has 1 saturated heterocycles. The number of anilines is 1. The first-order chi connectivity index (χ1) is 10.2. The highest BCUT2D eigenvalue weighted by molar-refractivity contribution is 6.20. The number of piperidine rings is 1. The molecule has 0 aliphatic carbocycles. The van der Waals surface area contributed by atoms with Crippen molar-refractivity contribution in [3.63, 3.8) is 0 Å². The van der Waals surface area contributed by atoms with Gasteiger partial charge in [-0.2, -0.15) is 0 Å². The summed E-state index contributed by atoms with van der Waals surface area (Å²) in [5.41, 5.74) is 1.42. The smallest absolute Gasteiger partial charge is 0.318 e. The van der Waals surface area contributed by atoms with E-state index >= 15 is 0 Å². The van der Waals surface area contributed by atoms with Crippen LogP contribution in [-0.2, 0) is 6.42 Å². The molecule has 2 heterocycles. The summed E-state index contributed by atoms with van der Waals surface area (Å²) in [5, 5.41) is 7.85. The summed E-state index contributed by atoms with van der Waals surface area (Å²) in [6, 6.07) is 11.3. The Kier molecular flexibility index (Phi) is 4.44. The predicted molar refractivity (Wildman–Crippen MR) is 83.6 cm³/mol. The van der Waals surface area contributed by atoms with Crippen molar-refractivity contribution < 1.29 is 4.42 Å². The van der Waals surface area contributed by atoms with Crippen molar-refractivity contribution in [3.05, 3.63) is 41.8 Å². The Balaban J connectivity index is 1.55. The number of nitrogens with zero attached hydrogens (tertiary/aromatic N) is 3. The zero-order chi connectivity index (χ0) is 14.7. The molecule has 1 fully saturated rings. The Morgan fingerprint density at radius 2 is 1.95 bits per heavy atom. The third kappa shape index (κ3) is 3.56. The average molecular weight is 306 g/mol. The van der Waals surface area contributed by atoms with Gasteiger partial charge < -0.3 is 9.32 Å². The Morgan fingerprint density at radius 1 is 1.24 bits per heavy atom. The number of alkyl halides is 1. The van der Waals surface area contributed by atoms with E-state index in [1.807, 2.05) is 6.92 Å². The molecule has 4 nitrogen and oxygen atoms in total. The molecule has 0 spiro atoms. The molecule has 0 amide bonds. The van der Waals surface area contributed by atoms with Gasteiger partial charge in [-0.25, -0.2) is 0 Å². The number of rotatable bonds is 4. The van der Waals surface area contributed by atoms with E-state index in [9.17, 15) is 0 Å². The zero-order valence-corrected chi connectivity index (χ0v) is 13.0. The minimum absolute atomic E-state index is 0.234. The molecule has 0 saturated carbocycles. The van der Waals surface area contributed by atoms with Gasteiger partial charge in [-0.15, -0.1) is 16.7 Å². The van der Waals surface area contributed by atoms with Crippen LogP contribution in [0.1, 0.15) is 36.6 Å². The maximum absolute atomic E-state index is 5.95. The minimum Gasteiger partial charge on any atom is -0.406 e. The summed E-state index contributed by atoms with van der Waals surface area (Å²) in [7, 11) is 0. The van der Waals surface area contributed by atoms with E-state index in [2.05, 4.69) is 45.4 Å². The molecule has 1 unspecified atom stereocenters. The van der Waals surface area contributed by atoms with Crippen molar-refractivity contribution in [3.8, 4) is 0 Å². The first-order valence-electron chi connectivity index (χ1n) is 7.48. The van der Waals surface area contributed by atoms with Crippen LogP contribution >= 0.6 is 11.6 Å². The van der Waals surface area contributed by atoms with E-state index in [4.69, 9.17) is 16.0 Å². The quantitative estimate of drug-likeness (QED) is 0.805. The number of hydrogen-bond donors (Lipinski definition) is 0. The second-order valence-corrected chi connectivity index (χ2v) is 6.31. The molecule has 3 rings (SSSR count). The lowest BCUT2D eigenvalue weighted by atomic mass is 9.90. The van der Waals surface area contributed by atoms with E-state index in [0.717, 1.165) is 38.3 Å². The van der Waals surface area contributed by atoms with E-state index in [1.54, 1.807) is 0 Å². The van der Waals surface area contributed by atoms with E-state index in [1.165, 1.54) is 5.56 Å². The van der Waals surface area contributed by atoms with Crippen molar-refractivity contribution in [2.75, 3.05) is 18.0 Å². The number of aromatic nitrogens is 2. The summed E-state index contributed by atoms with van der Waals surface area (Å²) in [5.74, 6) is 1.23. The molecule has 21 heavy (non-hydrogen) atoms. The van der Waals surface area contributed by atoms with Crippen LogP contribution in [0.15, 0.2) is 34.7 Å². The Morgan fingerprint density at radius 3 is 2.57 bits per heavy atom. The highest BCUT2D eigenvalue weighted by Gasteiger charge is 2.23. The van der Waals surface area contributed by atoms with Gasteiger partial charge in [0.2, 0.25) is 5.89 Å². The van der Waals surface area contributed by atoms with Crippen molar-refractivity contribution in [1.29, 1.82) is 0 Å². The zero-order valence-electron chi connectivity index (χ0n) is 12.2. The Hall–Kier alpha value is -1.55. The molecule has 1 aliphatic heterocycles. The predicted octanol–water partition coefficient (Wildman–Crippen LogP) is 3.83. The monoisotopic (exact) mass is 305 g/mol. The molecule has 0 bridgehead atoms. The fraction of sp³-hybridized carbons (Fsp3) is 0.500. The molecule has 1 atom stereocenters. The molecule has 1 aliphatic rings. The third-order valence-corrected chi connectivity index (χ3v) is 4.21. The fourth-order valence-corrected chi connectivity index (χ4v) is 2.88. The van der Waals surface area contributed by atoms with Crippen molar-refractivity contribution >= 4 is 17.6 Å². The average Bonchev–Trinajstić information content (AvgIpc) is 2.99. The molecule has 1 aromatic heterocycles. The third-order valence-electron chi connectivity index (χ3n) is 4.02. The maximum Gasteiger partial charge on any atom is 0.318 e. The van der Waals surface area contributed by atoms with Gasteiger partial charge in [-0.3, -0.25) is 0 Å². The normalized spacial score (nSPS) is 17.9. The standard InChI is InChI=1S/C16H20ClN3O/c1-12(17)15-18-19-16(21-15)20-9-7-14(8-10-20)11-13-5-3-2-4-6-13/h2-6,12,14H,7-11H2,1H3. The van der Waals surface area contributed by atoms with E-state index in [0.29, 0.717) is 11.9 Å². The molecule has 0 N–H and O–H groups in total. The lowest BCUT2D eigenvalue weighted by Gasteiger charge is -2.30. The van der Waals surface area contributed by atoms with Crippen LogP contribution in [-0.4, -0.2) is 23.3 Å². The highest BCUT2D eigenvalue weighted by Crippen LogP contribution is 2.27. The first-order valence-corrected chi connectivity index (χ1v) is 7.92. The largest absolute Gasteiger partial charge is 0.406 e. The number of hydrogen-bond acceptors (Lipinski definition) is 4. The summed E-state index contributed by atoms with van der Waals surface area (Å²) >= 11 is 5.95. The van der Waals surface area contributed by atoms with Crippen LogP contribution in [0.2, 0.25) is 0 Å². The minimum atomic E-state index is -0.234. The van der Waals surface area contributed by atoms with Gasteiger partial charge in [0.05, 0.1) is 0 Å². The van der Waals surface area contributed by atoms with Gasteiger partial charge in [-0.05, 0) is 37.7 Å². The van der Waals surface area contributed by atoms with Gasteiger partial charge in [0.25, 0.3) is 0 Å². The summed E-state index contributed by atoms with van der Waals surface area (Å²) in [6.07, 6.45) is 3.47. The molecular formula is C16H20ClN3O. The van der Waals surface area contributed by atoms with Crippen LogP contribution in [0.3, 0.4) is 0 Å². The van der Waals surface area contributed by atoms with Crippen LogP contribution in [0.4, 0.5) is 6.01 Å². The number of benzene rings is 1. The second kappa shape index (κ2) is 6.48. The molecule has 112 valence electrons. The lowest BCUT2D eigenvalue weighted by molar-refractivity contribution is 0.381. The number of halogens is 1.